The molecule has 2 aliphatic heterocycles. The number of furan rings is 2. The summed E-state index contributed by atoms with van der Waals surface area (Å²) in [6.45, 7) is -0.254. The highest BCUT2D eigenvalue weighted by molar-refractivity contribution is 7.00. The van der Waals surface area contributed by atoms with Crippen LogP contribution in [0.1, 0.15) is 0 Å². The Labute approximate surface area is 636 Å². The zero-order chi connectivity index (χ0) is 72.3. The van der Waals surface area contributed by atoms with Crippen molar-refractivity contribution in [1.29, 1.82) is 0 Å². The molecule has 0 unspecified atom stereocenters. The molecule has 111 heavy (non-hydrogen) atoms. The molecule has 0 saturated carbocycles. The average molecular weight is 1410 g/mol. The summed E-state index contributed by atoms with van der Waals surface area (Å²) >= 11 is 0. The van der Waals surface area contributed by atoms with E-state index in [1.165, 1.54) is 59.5 Å². The summed E-state index contributed by atoms with van der Waals surface area (Å²) < 4.78 is 23.1. The van der Waals surface area contributed by atoms with E-state index in [0.29, 0.717) is 0 Å². The quantitative estimate of drug-likeness (QED) is 0.142. The van der Waals surface area contributed by atoms with Gasteiger partial charge in [-0.15, -0.1) is 0 Å². The molecule has 0 N–H and O–H groups in total. The van der Waals surface area contributed by atoms with E-state index in [1.54, 1.807) is 0 Å². The Bertz CT molecular complexity index is 7410. The van der Waals surface area contributed by atoms with Crippen LogP contribution in [0.15, 0.2) is 379 Å². The monoisotopic (exact) mass is 1410 g/mol. The van der Waals surface area contributed by atoms with Gasteiger partial charge in [-0.3, -0.25) is 0 Å². The van der Waals surface area contributed by atoms with Crippen LogP contribution in [0.2, 0.25) is 0 Å². The van der Waals surface area contributed by atoms with Gasteiger partial charge in [0.05, 0.1) is 66.9 Å². The zero-order valence-corrected chi connectivity index (χ0v) is 59.8. The lowest BCUT2D eigenvalue weighted by Crippen LogP contribution is -2.61. The van der Waals surface area contributed by atoms with Crippen molar-refractivity contribution in [2.45, 2.75) is 0 Å². The van der Waals surface area contributed by atoms with Gasteiger partial charge in [0.1, 0.15) is 22.3 Å². The third-order valence-corrected chi connectivity index (χ3v) is 24.1. The third-order valence-electron chi connectivity index (χ3n) is 24.1. The molecule has 0 atom stereocenters. The van der Waals surface area contributed by atoms with Gasteiger partial charge in [0.2, 0.25) is 0 Å². The Morgan fingerprint density at radius 2 is 0.505 bits per heavy atom. The van der Waals surface area contributed by atoms with Crippen molar-refractivity contribution in [3.05, 3.63) is 370 Å². The molecule has 514 valence electrons. The molecule has 0 amide bonds. The molecule has 0 radical (unpaired) electrons. The van der Waals surface area contributed by atoms with Crippen LogP contribution in [-0.2, 0) is 0 Å². The van der Waals surface area contributed by atoms with Gasteiger partial charge in [0.25, 0.3) is 6.71 Å². The molecule has 8 nitrogen and oxygen atoms in total. The van der Waals surface area contributed by atoms with Crippen molar-refractivity contribution < 1.29 is 8.83 Å². The second kappa shape index (κ2) is 22.9. The standard InChI is InChI=1S/C102H61BN6O2/c1-11-36-82(66(24-1)62-50-56-98-78(58-62)74-32-9-19-48-96(74)110-98)108-90-44-23-45-91-100(90)103(80-54-52-64(60-94(80)108)104-84-38-13-7-30-72(84)76-34-21-46-92(101(76)104)106-86-40-15-3-26-68(86)69-27-4-16-41-87(69)106)81-55-53-65(61-95(81)109(91)83-37-12-2-25-67(83)63-51-57-99-79(59-63)75-33-10-20-49-97(75)111-99)105-85-39-14-8-31-73(85)77-35-22-47-93(102(77)105)107-88-42-17-5-28-70(88)71-29-6-18-43-89(71)107/h1-61H. The van der Waals surface area contributed by atoms with Crippen molar-refractivity contribution in [2.24, 2.45) is 0 Å². The van der Waals surface area contributed by atoms with E-state index >= 15 is 0 Å². The normalized spacial score (nSPS) is 12.8. The van der Waals surface area contributed by atoms with Gasteiger partial charge in [-0.25, -0.2) is 0 Å². The topological polar surface area (TPSA) is 52.5 Å². The van der Waals surface area contributed by atoms with Gasteiger partial charge in [0.15, 0.2) is 0 Å². The van der Waals surface area contributed by atoms with Crippen LogP contribution in [0.4, 0.5) is 34.1 Å². The van der Waals surface area contributed by atoms with E-state index in [1.807, 2.05) is 0 Å². The fourth-order valence-electron chi connectivity index (χ4n) is 19.6. The average Bonchev–Trinajstić information content (AvgIpc) is 1.51. The maximum absolute atomic E-state index is 6.54. The lowest BCUT2D eigenvalue weighted by Gasteiger charge is -2.45. The first-order chi connectivity index (χ1) is 55.1. The van der Waals surface area contributed by atoms with Crippen molar-refractivity contribution in [3.8, 4) is 45.0 Å². The molecule has 25 rings (SSSR count). The number of para-hydroxylation sites is 12. The van der Waals surface area contributed by atoms with Crippen molar-refractivity contribution in [3.63, 3.8) is 0 Å². The molecule has 0 spiro atoms. The predicted molar refractivity (Wildman–Crippen MR) is 463 cm³/mol. The predicted octanol–water partition coefficient (Wildman–Crippen LogP) is 25.3. The minimum Gasteiger partial charge on any atom is -0.456 e. The Balaban J connectivity index is 0.778. The Morgan fingerprint density at radius 3 is 0.919 bits per heavy atom. The molecule has 23 aromatic rings. The summed E-state index contributed by atoms with van der Waals surface area (Å²) in [5.74, 6) is 0. The van der Waals surface area contributed by atoms with Crippen LogP contribution in [0.3, 0.4) is 0 Å². The maximum Gasteiger partial charge on any atom is 0.252 e. The first-order valence-corrected chi connectivity index (χ1v) is 38.2. The summed E-state index contributed by atoms with van der Waals surface area (Å²) in [4.78, 5) is 5.19. The van der Waals surface area contributed by atoms with Crippen molar-refractivity contribution in [1.82, 2.24) is 18.3 Å². The number of aromatic nitrogens is 4. The second-order valence-electron chi connectivity index (χ2n) is 29.7. The first-order valence-electron chi connectivity index (χ1n) is 38.2. The van der Waals surface area contributed by atoms with Gasteiger partial charge in [-0.05, 0) is 161 Å². The Kier molecular flexibility index (Phi) is 12.4. The van der Waals surface area contributed by atoms with Crippen molar-refractivity contribution in [2.75, 3.05) is 9.80 Å². The molecule has 6 aromatic heterocycles. The van der Waals surface area contributed by atoms with E-state index in [9.17, 15) is 0 Å². The fraction of sp³-hybridized carbons (Fsp3) is 0. The number of nitrogens with zero attached hydrogens (tertiary/aromatic N) is 6. The number of fused-ring (bicyclic) bond motifs is 22. The van der Waals surface area contributed by atoms with Crippen LogP contribution >= 0.6 is 0 Å². The van der Waals surface area contributed by atoms with E-state index in [0.717, 1.165) is 167 Å². The largest absolute Gasteiger partial charge is 0.456 e. The Hall–Kier alpha value is -14.8. The van der Waals surface area contributed by atoms with Crippen LogP contribution < -0.4 is 26.2 Å². The van der Waals surface area contributed by atoms with Gasteiger partial charge in [0, 0.05) is 110 Å². The molecular weight excluding hydrogens is 1350 g/mol. The summed E-state index contributed by atoms with van der Waals surface area (Å²) in [6, 6.07) is 137. The summed E-state index contributed by atoms with van der Waals surface area (Å²) in [5.41, 5.74) is 31.4. The summed E-state index contributed by atoms with van der Waals surface area (Å²) in [5, 5.41) is 14.0. The molecular formula is C102H61BN6O2. The minimum absolute atomic E-state index is 0.254. The van der Waals surface area contributed by atoms with Crippen LogP contribution in [0.25, 0.3) is 176 Å². The van der Waals surface area contributed by atoms with Gasteiger partial charge < -0.3 is 36.9 Å². The number of anilines is 6. The molecule has 0 saturated heterocycles. The molecule has 0 bridgehead atoms. The second-order valence-corrected chi connectivity index (χ2v) is 29.7. The lowest BCUT2D eigenvalue weighted by atomic mass is 9.33. The smallest absolute Gasteiger partial charge is 0.252 e. The zero-order valence-electron chi connectivity index (χ0n) is 59.8. The highest BCUT2D eigenvalue weighted by atomic mass is 16.3. The molecule has 9 heteroatoms. The summed E-state index contributed by atoms with van der Waals surface area (Å²) in [6.07, 6.45) is 0. The molecule has 17 aromatic carbocycles. The number of rotatable bonds is 8. The Morgan fingerprint density at radius 1 is 0.198 bits per heavy atom. The van der Waals surface area contributed by atoms with E-state index in [4.69, 9.17) is 8.83 Å². The molecule has 8 heterocycles. The lowest BCUT2D eigenvalue weighted by molar-refractivity contribution is 0.668. The van der Waals surface area contributed by atoms with E-state index in [2.05, 4.69) is 398 Å². The van der Waals surface area contributed by atoms with E-state index in [-0.39, 0.29) is 6.71 Å². The van der Waals surface area contributed by atoms with Crippen LogP contribution in [0, 0.1) is 0 Å². The van der Waals surface area contributed by atoms with Gasteiger partial charge in [-0.1, -0.05) is 237 Å². The van der Waals surface area contributed by atoms with Gasteiger partial charge in [-0.2, -0.15) is 0 Å². The number of hydrogen-bond acceptors (Lipinski definition) is 4. The SMILES string of the molecule is c1ccc(N2c3cc(-n4c5ccccc5c5cccc(-n6c7ccccc7c7ccccc76)c54)ccc3B3c4ccc(-n5c6ccccc6c6cccc(-n7c8ccccc8c8ccccc87)c65)cc4N(c4ccccc4-c4ccc5oc6ccccc6c5c4)c4cccc2c43)c(-c2ccc3oc4ccccc4c3c2)c1. The van der Waals surface area contributed by atoms with Crippen LogP contribution in [-0.4, -0.2) is 25.0 Å². The van der Waals surface area contributed by atoms with Gasteiger partial charge >= 0.3 is 0 Å². The summed E-state index contributed by atoms with van der Waals surface area (Å²) in [7, 11) is 0. The highest BCUT2D eigenvalue weighted by Gasteiger charge is 2.45. The molecule has 0 fully saturated rings. The minimum atomic E-state index is -0.254. The maximum atomic E-state index is 6.54. The number of hydrogen-bond donors (Lipinski definition) is 0. The van der Waals surface area contributed by atoms with Crippen molar-refractivity contribution >= 4 is 188 Å². The first kappa shape index (κ1) is 60.3. The number of benzene rings is 17. The van der Waals surface area contributed by atoms with Crippen LogP contribution in [0.5, 0.6) is 0 Å². The van der Waals surface area contributed by atoms with E-state index < -0.39 is 0 Å². The fourth-order valence-corrected chi connectivity index (χ4v) is 19.6. The highest BCUT2D eigenvalue weighted by Crippen LogP contribution is 2.52. The molecule has 2 aliphatic rings. The molecule has 0 aliphatic carbocycles. The third kappa shape index (κ3) is 8.43.